The van der Waals surface area contributed by atoms with Crippen molar-refractivity contribution in [3.63, 3.8) is 0 Å². The molecule has 0 aliphatic carbocycles. The average Bonchev–Trinajstić information content (AvgIpc) is 3.38. The Morgan fingerprint density at radius 2 is 1.81 bits per heavy atom. The van der Waals surface area contributed by atoms with Crippen LogP contribution in [0, 0.1) is 0 Å². The van der Waals surface area contributed by atoms with Crippen molar-refractivity contribution in [1.82, 2.24) is 24.4 Å². The summed E-state index contributed by atoms with van der Waals surface area (Å²) < 4.78 is 9.11. The summed E-state index contributed by atoms with van der Waals surface area (Å²) in [4.78, 5) is 21.8. The Labute approximate surface area is 185 Å². The van der Waals surface area contributed by atoms with E-state index in [0.29, 0.717) is 29.1 Å². The number of imidazole rings is 1. The molecule has 1 aliphatic rings. The normalized spacial score (nSPS) is 15.7. The first kappa shape index (κ1) is 20.9. The number of fused-ring (bicyclic) bond motifs is 1. The molecule has 0 bridgehead atoms. The van der Waals surface area contributed by atoms with E-state index in [-0.39, 0.29) is 30.0 Å². The molecule has 9 heteroatoms. The monoisotopic (exact) mass is 438 g/mol. The Hall–Kier alpha value is -3.36. The molecule has 1 atom stereocenters. The molecule has 31 heavy (non-hydrogen) atoms. The lowest BCUT2D eigenvalue weighted by molar-refractivity contribution is 0.482. The van der Waals surface area contributed by atoms with Crippen LogP contribution in [0.1, 0.15) is 12.8 Å². The molecule has 1 saturated heterocycles. The first-order valence-corrected chi connectivity index (χ1v) is 9.99. The van der Waals surface area contributed by atoms with Gasteiger partial charge in [-0.1, -0.05) is 18.2 Å². The lowest BCUT2D eigenvalue weighted by Gasteiger charge is -2.10. The Morgan fingerprint density at radius 3 is 2.52 bits per heavy atom. The first-order chi connectivity index (χ1) is 14.7. The number of para-hydroxylation sites is 1. The standard InChI is InChI=1S/C22H22N6O2.ClH/c23-20-19-21(26-14-25-20)27(13-15-5-4-12-24-15)22(29)28(19)16-8-10-18(11-9-16)30-17-6-2-1-3-7-17;/h1-3,6-11,14-15,24H,4-5,12-13H2,(H2,23,25,26);1H/t15-;/m0./s1. The molecule has 3 heterocycles. The molecule has 0 radical (unpaired) electrons. The van der Waals surface area contributed by atoms with E-state index in [9.17, 15) is 4.79 Å². The topological polar surface area (TPSA) is 100.0 Å². The number of ether oxygens (including phenoxy) is 1. The van der Waals surface area contributed by atoms with E-state index in [1.165, 1.54) is 6.33 Å². The highest BCUT2D eigenvalue weighted by Crippen LogP contribution is 2.25. The molecule has 4 aromatic rings. The Morgan fingerprint density at radius 1 is 1.06 bits per heavy atom. The minimum Gasteiger partial charge on any atom is -0.457 e. The van der Waals surface area contributed by atoms with Gasteiger partial charge in [0.15, 0.2) is 11.5 Å². The molecule has 0 unspecified atom stereocenters. The first-order valence-electron chi connectivity index (χ1n) is 9.99. The maximum atomic E-state index is 13.3. The Bertz CT molecular complexity index is 1230. The molecule has 0 amide bonds. The minimum absolute atomic E-state index is 0. The zero-order chi connectivity index (χ0) is 20.5. The molecule has 160 valence electrons. The molecule has 1 aliphatic heterocycles. The highest BCUT2D eigenvalue weighted by atomic mass is 35.5. The number of nitrogens with one attached hydrogen (secondary N) is 1. The van der Waals surface area contributed by atoms with Gasteiger partial charge in [-0.05, 0) is 55.8 Å². The number of rotatable bonds is 5. The third-order valence-corrected chi connectivity index (χ3v) is 5.37. The van der Waals surface area contributed by atoms with Crippen molar-refractivity contribution in [2.45, 2.75) is 25.4 Å². The lowest BCUT2D eigenvalue weighted by Crippen LogP contribution is -2.32. The predicted octanol–water partition coefficient (Wildman–Crippen LogP) is 3.13. The number of nitrogens with zero attached hydrogens (tertiary/aromatic N) is 4. The van der Waals surface area contributed by atoms with E-state index in [0.717, 1.165) is 25.1 Å². The summed E-state index contributed by atoms with van der Waals surface area (Å²) in [5, 5.41) is 3.43. The summed E-state index contributed by atoms with van der Waals surface area (Å²) in [5.41, 5.74) is 7.73. The van der Waals surface area contributed by atoms with Crippen LogP contribution in [-0.4, -0.2) is 31.7 Å². The average molecular weight is 439 g/mol. The van der Waals surface area contributed by atoms with Crippen LogP contribution in [0.2, 0.25) is 0 Å². The van der Waals surface area contributed by atoms with Crippen LogP contribution in [0.5, 0.6) is 11.5 Å². The lowest BCUT2D eigenvalue weighted by atomic mass is 10.2. The molecule has 3 N–H and O–H groups in total. The van der Waals surface area contributed by atoms with Gasteiger partial charge >= 0.3 is 5.69 Å². The van der Waals surface area contributed by atoms with E-state index < -0.39 is 0 Å². The third-order valence-electron chi connectivity index (χ3n) is 5.37. The van der Waals surface area contributed by atoms with Crippen molar-refractivity contribution in [2.75, 3.05) is 12.3 Å². The van der Waals surface area contributed by atoms with Crippen molar-refractivity contribution in [3.05, 3.63) is 71.4 Å². The summed E-state index contributed by atoms with van der Waals surface area (Å²) in [6.07, 6.45) is 3.54. The summed E-state index contributed by atoms with van der Waals surface area (Å²) in [5.74, 6) is 1.71. The number of hydrogen-bond donors (Lipinski definition) is 2. The Kier molecular flexibility index (Phi) is 5.92. The molecule has 2 aromatic carbocycles. The molecular weight excluding hydrogens is 416 g/mol. The number of aromatic nitrogens is 4. The fourth-order valence-corrected chi connectivity index (χ4v) is 3.93. The second kappa shape index (κ2) is 8.79. The van der Waals surface area contributed by atoms with Crippen LogP contribution >= 0.6 is 12.4 Å². The van der Waals surface area contributed by atoms with Crippen LogP contribution in [0.3, 0.4) is 0 Å². The van der Waals surface area contributed by atoms with Gasteiger partial charge in [-0.2, -0.15) is 0 Å². The predicted molar refractivity (Wildman–Crippen MR) is 122 cm³/mol. The molecule has 2 aromatic heterocycles. The highest BCUT2D eigenvalue weighted by molar-refractivity contribution is 5.85. The summed E-state index contributed by atoms with van der Waals surface area (Å²) in [7, 11) is 0. The van der Waals surface area contributed by atoms with E-state index in [1.807, 2.05) is 54.6 Å². The summed E-state index contributed by atoms with van der Waals surface area (Å²) in [6, 6.07) is 17.1. The van der Waals surface area contributed by atoms with Gasteiger partial charge in [0.2, 0.25) is 0 Å². The van der Waals surface area contributed by atoms with Crippen LogP contribution < -0.4 is 21.5 Å². The van der Waals surface area contributed by atoms with Crippen molar-refractivity contribution in [2.24, 2.45) is 0 Å². The van der Waals surface area contributed by atoms with Crippen molar-refractivity contribution < 1.29 is 4.74 Å². The van der Waals surface area contributed by atoms with E-state index in [1.54, 1.807) is 9.13 Å². The highest BCUT2D eigenvalue weighted by Gasteiger charge is 2.22. The zero-order valence-electron chi connectivity index (χ0n) is 16.8. The van der Waals surface area contributed by atoms with Crippen LogP contribution in [0.25, 0.3) is 16.9 Å². The smallest absolute Gasteiger partial charge is 0.335 e. The van der Waals surface area contributed by atoms with Gasteiger partial charge in [0, 0.05) is 12.6 Å². The van der Waals surface area contributed by atoms with Gasteiger partial charge in [0.25, 0.3) is 0 Å². The van der Waals surface area contributed by atoms with E-state index >= 15 is 0 Å². The second-order valence-electron chi connectivity index (χ2n) is 7.36. The quantitative estimate of drug-likeness (QED) is 0.496. The molecule has 5 rings (SSSR count). The maximum Gasteiger partial charge on any atom is 0.335 e. The molecule has 1 fully saturated rings. The van der Waals surface area contributed by atoms with Crippen LogP contribution in [0.4, 0.5) is 5.82 Å². The van der Waals surface area contributed by atoms with Crippen LogP contribution in [0.15, 0.2) is 65.7 Å². The van der Waals surface area contributed by atoms with Crippen molar-refractivity contribution in [3.8, 4) is 17.2 Å². The van der Waals surface area contributed by atoms with Gasteiger partial charge in [0.05, 0.1) is 5.69 Å². The number of anilines is 1. The van der Waals surface area contributed by atoms with Gasteiger partial charge in [-0.3, -0.25) is 9.13 Å². The number of benzene rings is 2. The second-order valence-corrected chi connectivity index (χ2v) is 7.36. The van der Waals surface area contributed by atoms with Gasteiger partial charge in [-0.25, -0.2) is 14.8 Å². The summed E-state index contributed by atoms with van der Waals surface area (Å²) in [6.45, 7) is 1.52. The maximum absolute atomic E-state index is 13.3. The number of nitrogens with two attached hydrogens (primary N) is 1. The third kappa shape index (κ3) is 3.99. The SMILES string of the molecule is Cl.Nc1ncnc2c1n(-c1ccc(Oc3ccccc3)cc1)c(=O)n2C[C@@H]1CCCN1. The molecular formula is C22H23ClN6O2. The minimum atomic E-state index is -0.178. The molecule has 8 nitrogen and oxygen atoms in total. The summed E-state index contributed by atoms with van der Waals surface area (Å²) >= 11 is 0. The van der Waals surface area contributed by atoms with E-state index in [2.05, 4.69) is 15.3 Å². The number of hydrogen-bond acceptors (Lipinski definition) is 6. The number of halogens is 1. The van der Waals surface area contributed by atoms with Gasteiger partial charge in [-0.15, -0.1) is 12.4 Å². The van der Waals surface area contributed by atoms with Crippen molar-refractivity contribution >= 4 is 29.4 Å². The fourth-order valence-electron chi connectivity index (χ4n) is 3.93. The van der Waals surface area contributed by atoms with Crippen LogP contribution in [-0.2, 0) is 6.54 Å². The molecule has 0 spiro atoms. The van der Waals surface area contributed by atoms with Gasteiger partial charge < -0.3 is 15.8 Å². The fraction of sp³-hybridized carbons (Fsp3) is 0.227. The van der Waals surface area contributed by atoms with Crippen molar-refractivity contribution in [1.29, 1.82) is 0 Å². The Balaban J connectivity index is 0.00000231. The molecule has 0 saturated carbocycles. The number of nitrogen functional groups attached to an aromatic ring is 1. The van der Waals surface area contributed by atoms with Gasteiger partial charge in [0.1, 0.15) is 23.3 Å². The largest absolute Gasteiger partial charge is 0.457 e. The zero-order valence-corrected chi connectivity index (χ0v) is 17.6. The van der Waals surface area contributed by atoms with E-state index in [4.69, 9.17) is 10.5 Å².